The molecule has 1 aliphatic rings. The third kappa shape index (κ3) is 3.32. The van der Waals surface area contributed by atoms with E-state index in [1.165, 1.54) is 4.68 Å². The summed E-state index contributed by atoms with van der Waals surface area (Å²) in [7, 11) is 0. The SMILES string of the molecule is [2H]C([2H])([2H])n1c(C)c(CN2CCOC(c3ccccc3)C2C)c(=O)n1-c1ccccc1. The molecule has 1 aromatic heterocycles. The summed E-state index contributed by atoms with van der Waals surface area (Å²) >= 11 is 0. The Hall–Kier alpha value is -2.63. The summed E-state index contributed by atoms with van der Waals surface area (Å²) in [6.07, 6.45) is -0.101. The van der Waals surface area contributed by atoms with Crippen LogP contribution in [-0.4, -0.2) is 33.5 Å². The maximum atomic E-state index is 13.4. The number of morpholine rings is 1. The average molecular weight is 381 g/mol. The molecule has 0 amide bonds. The molecule has 0 bridgehead atoms. The molecule has 0 aliphatic carbocycles. The number of benzene rings is 2. The van der Waals surface area contributed by atoms with Gasteiger partial charge in [-0.1, -0.05) is 48.5 Å². The van der Waals surface area contributed by atoms with Crippen LogP contribution in [0.15, 0.2) is 65.5 Å². The molecular weight excluding hydrogens is 350 g/mol. The second-order valence-electron chi connectivity index (χ2n) is 7.24. The maximum Gasteiger partial charge on any atom is 0.276 e. The Bertz CT molecular complexity index is 1090. The van der Waals surface area contributed by atoms with Crippen molar-refractivity contribution in [3.05, 3.63) is 87.8 Å². The standard InChI is InChI=1S/C23H27N3O2/c1-17-21(23(27)26(24(17)3)20-12-8-5-9-13-20)16-25-14-15-28-22(18(25)2)19-10-6-4-7-11-19/h4-13,18,22H,14-16H2,1-3H3/i3D3. The summed E-state index contributed by atoms with van der Waals surface area (Å²) in [6.45, 7) is 2.92. The van der Waals surface area contributed by atoms with Gasteiger partial charge < -0.3 is 4.74 Å². The number of ether oxygens (including phenoxy) is 1. The van der Waals surface area contributed by atoms with E-state index < -0.39 is 6.98 Å². The Morgan fingerprint density at radius 1 is 1.11 bits per heavy atom. The van der Waals surface area contributed by atoms with Gasteiger partial charge in [0.05, 0.1) is 24.0 Å². The van der Waals surface area contributed by atoms with Gasteiger partial charge in [-0.15, -0.1) is 0 Å². The lowest BCUT2D eigenvalue weighted by Gasteiger charge is -2.39. The lowest BCUT2D eigenvalue weighted by atomic mass is 10.00. The zero-order valence-electron chi connectivity index (χ0n) is 19.2. The molecule has 1 aliphatic heterocycles. The molecule has 1 fully saturated rings. The molecule has 4 rings (SSSR count). The Morgan fingerprint density at radius 2 is 1.79 bits per heavy atom. The number of hydrogen-bond donors (Lipinski definition) is 0. The molecule has 146 valence electrons. The molecule has 0 saturated carbocycles. The topological polar surface area (TPSA) is 39.4 Å². The van der Waals surface area contributed by atoms with Crippen molar-refractivity contribution < 1.29 is 8.85 Å². The van der Waals surface area contributed by atoms with Crippen molar-refractivity contribution in [2.24, 2.45) is 6.98 Å². The van der Waals surface area contributed by atoms with Gasteiger partial charge in [-0.2, -0.15) is 0 Å². The molecule has 2 unspecified atom stereocenters. The second kappa shape index (κ2) is 7.78. The van der Waals surface area contributed by atoms with Crippen molar-refractivity contribution in [3.8, 4) is 5.69 Å². The van der Waals surface area contributed by atoms with E-state index in [0.717, 1.165) is 10.2 Å². The summed E-state index contributed by atoms with van der Waals surface area (Å²) in [5.74, 6) is 0. The Kier molecular flexibility index (Phi) is 4.25. The number of aromatic nitrogens is 2. The largest absolute Gasteiger partial charge is 0.371 e. The van der Waals surface area contributed by atoms with Crippen molar-refractivity contribution in [2.45, 2.75) is 32.5 Å². The molecule has 5 heteroatoms. The first-order chi connectivity index (χ1) is 14.8. The Morgan fingerprint density at radius 3 is 2.46 bits per heavy atom. The Balaban J connectivity index is 1.72. The van der Waals surface area contributed by atoms with E-state index in [4.69, 9.17) is 8.85 Å². The number of para-hydroxylation sites is 1. The summed E-state index contributed by atoms with van der Waals surface area (Å²) in [5.41, 5.74) is 2.30. The molecular formula is C23H27N3O2. The molecule has 2 heterocycles. The minimum atomic E-state index is -2.47. The minimum absolute atomic E-state index is 0.0382. The maximum absolute atomic E-state index is 13.4. The first-order valence-electron chi connectivity index (χ1n) is 11.1. The van der Waals surface area contributed by atoms with Crippen LogP contribution < -0.4 is 5.56 Å². The van der Waals surface area contributed by atoms with E-state index in [9.17, 15) is 4.79 Å². The van der Waals surface area contributed by atoms with E-state index in [1.807, 2.05) is 36.4 Å². The second-order valence-corrected chi connectivity index (χ2v) is 7.24. The fourth-order valence-electron chi connectivity index (χ4n) is 3.91. The highest BCUT2D eigenvalue weighted by Gasteiger charge is 2.31. The smallest absolute Gasteiger partial charge is 0.276 e. The molecule has 0 radical (unpaired) electrons. The predicted molar refractivity (Wildman–Crippen MR) is 111 cm³/mol. The van der Waals surface area contributed by atoms with Gasteiger partial charge in [0, 0.05) is 35.9 Å². The van der Waals surface area contributed by atoms with Gasteiger partial charge in [0.25, 0.3) is 5.56 Å². The van der Waals surface area contributed by atoms with Crippen molar-refractivity contribution in [2.75, 3.05) is 13.2 Å². The van der Waals surface area contributed by atoms with Crippen molar-refractivity contribution >= 4 is 0 Å². The van der Waals surface area contributed by atoms with Crippen LogP contribution in [0.4, 0.5) is 0 Å². The van der Waals surface area contributed by atoms with Gasteiger partial charge in [0.15, 0.2) is 0 Å². The molecule has 3 aromatic rings. The average Bonchev–Trinajstić information content (AvgIpc) is 3.01. The van der Waals surface area contributed by atoms with E-state index in [-0.39, 0.29) is 17.7 Å². The van der Waals surface area contributed by atoms with Crippen molar-refractivity contribution in [3.63, 3.8) is 0 Å². The van der Waals surface area contributed by atoms with Crippen molar-refractivity contribution in [1.82, 2.24) is 14.3 Å². The third-order valence-electron chi connectivity index (χ3n) is 5.59. The highest BCUT2D eigenvalue weighted by molar-refractivity contribution is 5.33. The van der Waals surface area contributed by atoms with Gasteiger partial charge in [0.1, 0.15) is 0 Å². The van der Waals surface area contributed by atoms with Crippen LogP contribution in [0.25, 0.3) is 5.69 Å². The van der Waals surface area contributed by atoms with Gasteiger partial charge in [0.2, 0.25) is 0 Å². The lowest BCUT2D eigenvalue weighted by molar-refractivity contribution is -0.0704. The quantitative estimate of drug-likeness (QED) is 0.696. The predicted octanol–water partition coefficient (Wildman–Crippen LogP) is 3.45. The lowest BCUT2D eigenvalue weighted by Crippen LogP contribution is -2.45. The molecule has 0 N–H and O–H groups in total. The number of hydrogen-bond acceptors (Lipinski definition) is 3. The van der Waals surface area contributed by atoms with Crippen LogP contribution >= 0.6 is 0 Å². The number of nitrogens with zero attached hydrogens (tertiary/aromatic N) is 3. The first kappa shape index (κ1) is 15.3. The van der Waals surface area contributed by atoms with E-state index in [2.05, 4.69) is 11.8 Å². The summed E-state index contributed by atoms with van der Waals surface area (Å²) in [6, 6.07) is 19.0. The highest BCUT2D eigenvalue weighted by Crippen LogP contribution is 2.29. The zero-order valence-corrected chi connectivity index (χ0v) is 16.2. The van der Waals surface area contributed by atoms with Gasteiger partial charge in [-0.05, 0) is 31.5 Å². The molecule has 2 atom stereocenters. The normalized spacial score (nSPS) is 22.4. The van der Waals surface area contributed by atoms with Crippen LogP contribution in [0.1, 0.15) is 34.0 Å². The first-order valence-corrected chi connectivity index (χ1v) is 9.59. The van der Waals surface area contributed by atoms with Crippen LogP contribution in [0, 0.1) is 6.92 Å². The summed E-state index contributed by atoms with van der Waals surface area (Å²) in [4.78, 5) is 15.6. The molecule has 1 saturated heterocycles. The fraction of sp³-hybridized carbons (Fsp3) is 0.348. The summed E-state index contributed by atoms with van der Waals surface area (Å²) in [5, 5.41) is 0. The number of rotatable bonds is 4. The highest BCUT2D eigenvalue weighted by atomic mass is 16.5. The zero-order chi connectivity index (χ0) is 22.2. The summed E-state index contributed by atoms with van der Waals surface area (Å²) < 4.78 is 32.5. The van der Waals surface area contributed by atoms with Gasteiger partial charge in [-0.25, -0.2) is 4.68 Å². The van der Waals surface area contributed by atoms with Gasteiger partial charge >= 0.3 is 0 Å². The van der Waals surface area contributed by atoms with Crippen LogP contribution in [0.5, 0.6) is 0 Å². The van der Waals surface area contributed by atoms with E-state index in [1.54, 1.807) is 31.2 Å². The van der Waals surface area contributed by atoms with E-state index in [0.29, 0.717) is 36.6 Å². The van der Waals surface area contributed by atoms with Crippen LogP contribution in [0.3, 0.4) is 0 Å². The van der Waals surface area contributed by atoms with E-state index >= 15 is 0 Å². The van der Waals surface area contributed by atoms with Crippen LogP contribution in [0.2, 0.25) is 0 Å². The minimum Gasteiger partial charge on any atom is -0.371 e. The molecule has 5 nitrogen and oxygen atoms in total. The third-order valence-corrected chi connectivity index (χ3v) is 5.59. The fourth-order valence-corrected chi connectivity index (χ4v) is 3.91. The van der Waals surface area contributed by atoms with Gasteiger partial charge in [-0.3, -0.25) is 14.4 Å². The van der Waals surface area contributed by atoms with Crippen molar-refractivity contribution in [1.29, 1.82) is 0 Å². The Labute approximate surface area is 170 Å². The molecule has 2 aromatic carbocycles. The monoisotopic (exact) mass is 380 g/mol. The molecule has 28 heavy (non-hydrogen) atoms. The molecule has 0 spiro atoms. The van der Waals surface area contributed by atoms with Crippen LogP contribution in [-0.2, 0) is 18.3 Å².